The molecule has 0 fully saturated rings. The van der Waals surface area contributed by atoms with Gasteiger partial charge in [-0.15, -0.1) is 0 Å². The Hall–Kier alpha value is -1.18. The Morgan fingerprint density at radius 3 is 2.77 bits per heavy atom. The van der Waals surface area contributed by atoms with Crippen molar-refractivity contribution in [3.05, 3.63) is 38.3 Å². The van der Waals surface area contributed by atoms with Crippen molar-refractivity contribution in [1.29, 1.82) is 0 Å². The van der Waals surface area contributed by atoms with Gasteiger partial charge in [0.15, 0.2) is 0 Å². The smallest absolute Gasteiger partial charge is 0.244 e. The third-order valence-electron chi connectivity index (χ3n) is 1.55. The van der Waals surface area contributed by atoms with Crippen LogP contribution in [-0.2, 0) is 0 Å². The second-order valence-electron chi connectivity index (χ2n) is 2.37. The Balaban J connectivity index is 2.66. The summed E-state index contributed by atoms with van der Waals surface area (Å²) >= 11 is 2.14. The topological polar surface area (TPSA) is 63.6 Å². The molecule has 0 aliphatic carbocycles. The minimum atomic E-state index is -0.330. The summed E-state index contributed by atoms with van der Waals surface area (Å²) in [5.74, 6) is 0. The maximum absolute atomic E-state index is 11.2. The predicted octanol–water partition coefficient (Wildman–Crippen LogP) is 0.560. The highest BCUT2D eigenvalue weighted by atomic mass is 127. The van der Waals surface area contributed by atoms with Crippen molar-refractivity contribution in [2.75, 3.05) is 0 Å². The number of aromatic amines is 1. The molecule has 0 amide bonds. The molecule has 1 N–H and O–H groups in total. The van der Waals surface area contributed by atoms with E-state index in [1.165, 1.54) is 4.68 Å². The summed E-state index contributed by atoms with van der Waals surface area (Å²) in [6, 6.07) is 7.46. The van der Waals surface area contributed by atoms with Gasteiger partial charge in [0.25, 0.3) is 0 Å². The second kappa shape index (κ2) is 3.29. The molecule has 0 saturated carbocycles. The van der Waals surface area contributed by atoms with Crippen molar-refractivity contribution >= 4 is 22.6 Å². The monoisotopic (exact) mass is 288 g/mol. The summed E-state index contributed by atoms with van der Waals surface area (Å²) in [5, 5.41) is 9.29. The lowest BCUT2D eigenvalue weighted by Crippen LogP contribution is -2.16. The molecule has 66 valence electrons. The molecule has 2 aromatic rings. The first-order valence-electron chi connectivity index (χ1n) is 3.54. The first-order valence-corrected chi connectivity index (χ1v) is 4.62. The van der Waals surface area contributed by atoms with Crippen LogP contribution in [0.3, 0.4) is 0 Å². The molecule has 13 heavy (non-hydrogen) atoms. The Kier molecular flexibility index (Phi) is 2.13. The zero-order chi connectivity index (χ0) is 9.26. The van der Waals surface area contributed by atoms with Crippen LogP contribution < -0.4 is 5.69 Å². The van der Waals surface area contributed by atoms with Crippen LogP contribution in [0.15, 0.2) is 29.1 Å². The largest absolute Gasteiger partial charge is 0.365 e. The maximum Gasteiger partial charge on any atom is 0.365 e. The fraction of sp³-hybridized carbons (Fsp3) is 0. The van der Waals surface area contributed by atoms with E-state index in [2.05, 4.69) is 38.1 Å². The highest BCUT2D eigenvalue weighted by Gasteiger charge is 2.04. The van der Waals surface area contributed by atoms with E-state index in [4.69, 9.17) is 0 Å². The van der Waals surface area contributed by atoms with Gasteiger partial charge in [-0.05, 0) is 45.2 Å². The molecule has 1 aromatic carbocycles. The number of hydrogen-bond acceptors (Lipinski definition) is 3. The van der Waals surface area contributed by atoms with E-state index >= 15 is 0 Å². The van der Waals surface area contributed by atoms with Gasteiger partial charge >= 0.3 is 5.69 Å². The van der Waals surface area contributed by atoms with E-state index in [-0.39, 0.29) is 5.69 Å². The zero-order valence-electron chi connectivity index (χ0n) is 6.44. The average molecular weight is 288 g/mol. The SMILES string of the molecule is O=c1[nH]nnn1-c1ccccc1I. The van der Waals surface area contributed by atoms with E-state index in [9.17, 15) is 4.79 Å². The van der Waals surface area contributed by atoms with Gasteiger partial charge in [0, 0.05) is 3.57 Å². The molecule has 0 unspecified atom stereocenters. The number of aromatic nitrogens is 4. The fourth-order valence-corrected chi connectivity index (χ4v) is 1.59. The first kappa shape index (κ1) is 8.42. The Bertz CT molecular complexity index is 475. The van der Waals surface area contributed by atoms with Crippen molar-refractivity contribution in [2.45, 2.75) is 0 Å². The lowest BCUT2D eigenvalue weighted by atomic mass is 10.3. The van der Waals surface area contributed by atoms with Crippen LogP contribution in [0.5, 0.6) is 0 Å². The number of nitrogens with zero attached hydrogens (tertiary/aromatic N) is 3. The molecule has 1 heterocycles. The van der Waals surface area contributed by atoms with Gasteiger partial charge in [-0.25, -0.2) is 9.89 Å². The minimum Gasteiger partial charge on any atom is -0.244 e. The lowest BCUT2D eigenvalue weighted by molar-refractivity contribution is 0.777. The van der Waals surface area contributed by atoms with Crippen LogP contribution in [0.4, 0.5) is 0 Å². The highest BCUT2D eigenvalue weighted by Crippen LogP contribution is 2.12. The molecule has 0 saturated heterocycles. The van der Waals surface area contributed by atoms with Crippen LogP contribution in [0.25, 0.3) is 5.69 Å². The molecule has 0 bridgehead atoms. The summed E-state index contributed by atoms with van der Waals surface area (Å²) < 4.78 is 2.18. The van der Waals surface area contributed by atoms with E-state index in [0.29, 0.717) is 0 Å². The number of benzene rings is 1. The maximum atomic E-state index is 11.2. The quantitative estimate of drug-likeness (QED) is 0.780. The normalized spacial score (nSPS) is 10.2. The summed E-state index contributed by atoms with van der Waals surface area (Å²) in [6.45, 7) is 0. The number of para-hydroxylation sites is 1. The van der Waals surface area contributed by atoms with Crippen LogP contribution in [0, 0.1) is 3.57 Å². The average Bonchev–Trinajstić information content (AvgIpc) is 2.52. The van der Waals surface area contributed by atoms with E-state index in [1.807, 2.05) is 24.3 Å². The molecular weight excluding hydrogens is 283 g/mol. The third kappa shape index (κ3) is 1.48. The number of H-pyrrole nitrogens is 1. The molecular formula is C7H5IN4O. The third-order valence-corrected chi connectivity index (χ3v) is 2.47. The van der Waals surface area contributed by atoms with Crippen LogP contribution >= 0.6 is 22.6 Å². The first-order chi connectivity index (χ1) is 6.29. The van der Waals surface area contributed by atoms with Gasteiger partial charge in [-0.3, -0.25) is 0 Å². The van der Waals surface area contributed by atoms with Crippen molar-refractivity contribution in [3.63, 3.8) is 0 Å². The van der Waals surface area contributed by atoms with Crippen molar-refractivity contribution in [2.24, 2.45) is 0 Å². The van der Waals surface area contributed by atoms with Crippen LogP contribution in [-0.4, -0.2) is 20.2 Å². The molecule has 0 aliphatic heterocycles. The van der Waals surface area contributed by atoms with Gasteiger partial charge in [0.1, 0.15) is 0 Å². The molecule has 1 aromatic heterocycles. The summed E-state index contributed by atoms with van der Waals surface area (Å²) in [6.07, 6.45) is 0. The molecule has 5 nitrogen and oxygen atoms in total. The number of tetrazole rings is 1. The summed E-state index contributed by atoms with van der Waals surface area (Å²) in [7, 11) is 0. The second-order valence-corrected chi connectivity index (χ2v) is 3.53. The Morgan fingerprint density at radius 1 is 1.38 bits per heavy atom. The van der Waals surface area contributed by atoms with E-state index in [0.717, 1.165) is 9.26 Å². The van der Waals surface area contributed by atoms with Crippen LogP contribution in [0.2, 0.25) is 0 Å². The number of nitrogens with one attached hydrogen (secondary N) is 1. The molecule has 0 atom stereocenters. The molecule has 6 heteroatoms. The number of rotatable bonds is 1. The van der Waals surface area contributed by atoms with Gasteiger partial charge in [-0.2, -0.15) is 4.68 Å². The van der Waals surface area contributed by atoms with Gasteiger partial charge in [0.2, 0.25) is 0 Å². The van der Waals surface area contributed by atoms with Crippen LogP contribution in [0.1, 0.15) is 0 Å². The van der Waals surface area contributed by atoms with Gasteiger partial charge in [0.05, 0.1) is 5.69 Å². The van der Waals surface area contributed by atoms with Gasteiger partial charge < -0.3 is 0 Å². The molecule has 0 aliphatic rings. The molecule has 2 rings (SSSR count). The Labute approximate surface area is 86.9 Å². The highest BCUT2D eigenvalue weighted by molar-refractivity contribution is 14.1. The number of hydrogen-bond donors (Lipinski definition) is 1. The molecule has 0 radical (unpaired) electrons. The predicted molar refractivity (Wildman–Crippen MR) is 54.7 cm³/mol. The lowest BCUT2D eigenvalue weighted by Gasteiger charge is -1.99. The summed E-state index contributed by atoms with van der Waals surface area (Å²) in [5.41, 5.74) is 0.408. The summed E-state index contributed by atoms with van der Waals surface area (Å²) in [4.78, 5) is 11.2. The zero-order valence-corrected chi connectivity index (χ0v) is 8.59. The van der Waals surface area contributed by atoms with Gasteiger partial charge in [-0.1, -0.05) is 12.1 Å². The number of halogens is 1. The van der Waals surface area contributed by atoms with Crippen molar-refractivity contribution < 1.29 is 0 Å². The van der Waals surface area contributed by atoms with E-state index < -0.39 is 0 Å². The standard InChI is InChI=1S/C7H5IN4O/c8-5-3-1-2-4-6(5)12-7(13)9-10-11-12/h1-4H,(H,9,11,13). The fourth-order valence-electron chi connectivity index (χ4n) is 0.979. The minimum absolute atomic E-state index is 0.330. The van der Waals surface area contributed by atoms with Crippen molar-refractivity contribution in [1.82, 2.24) is 20.2 Å². The molecule has 0 spiro atoms. The Morgan fingerprint density at radius 2 is 2.15 bits per heavy atom. The van der Waals surface area contributed by atoms with Crippen molar-refractivity contribution in [3.8, 4) is 5.69 Å². The van der Waals surface area contributed by atoms with E-state index in [1.54, 1.807) is 0 Å².